The fourth-order valence-corrected chi connectivity index (χ4v) is 1.70. The van der Waals surface area contributed by atoms with Crippen molar-refractivity contribution >= 4 is 19.4 Å². The Hall–Kier alpha value is -0.380. The Kier molecular flexibility index (Phi) is 34.3. The van der Waals surface area contributed by atoms with Crippen LogP contribution in [0.3, 0.4) is 0 Å². The summed E-state index contributed by atoms with van der Waals surface area (Å²) in [5, 5.41) is 6.08. The Morgan fingerprint density at radius 3 is 1.85 bits per heavy atom. The molecule has 0 aromatic rings. The minimum absolute atomic E-state index is 0. The van der Waals surface area contributed by atoms with Gasteiger partial charge in [0.15, 0.2) is 0 Å². The van der Waals surface area contributed by atoms with Crippen molar-refractivity contribution < 1.29 is 26.6 Å². The normalized spacial score (nSPS) is 9.85. The molecule has 26 heavy (non-hydrogen) atoms. The Bertz CT molecular complexity index is 272. The summed E-state index contributed by atoms with van der Waals surface area (Å²) in [6, 6.07) is 0. The molecule has 0 aromatic heterocycles. The lowest BCUT2D eigenvalue weighted by Crippen LogP contribution is -2.29. The number of hydrogen-bond acceptors (Lipinski definition) is 6. The average Bonchev–Trinajstić information content (AvgIpc) is 2.64. The topological polar surface area (TPSA) is 78.1 Å². The first-order chi connectivity index (χ1) is 12.3. The van der Waals surface area contributed by atoms with Crippen LogP contribution < -0.4 is 10.6 Å². The lowest BCUT2D eigenvalue weighted by Gasteiger charge is -2.08. The van der Waals surface area contributed by atoms with Crippen molar-refractivity contribution in [2.24, 2.45) is 0 Å². The molecule has 1 amide bonds. The standard InChI is InChI=1S/C16H34N2O5.C2H6.H2S.2H2/c1-3-17-7-5-6-8-18-16(19)15-23-14-13-22-12-11-21-10-9-20-4-2;1-2;;;/h17H,3-15H2,1-2H3,(H,18,19);1-2H3;1H2;2*1H. The first kappa shape index (κ1) is 30.4. The van der Waals surface area contributed by atoms with E-state index in [1.54, 1.807) is 0 Å². The second kappa shape index (κ2) is 29.4. The van der Waals surface area contributed by atoms with Gasteiger partial charge in [-0.05, 0) is 32.9 Å². The van der Waals surface area contributed by atoms with E-state index in [-0.39, 0.29) is 28.9 Å². The predicted molar refractivity (Wildman–Crippen MR) is 116 cm³/mol. The van der Waals surface area contributed by atoms with Crippen molar-refractivity contribution in [3.63, 3.8) is 0 Å². The molecule has 0 atom stereocenters. The summed E-state index contributed by atoms with van der Waals surface area (Å²) in [5.74, 6) is -0.0762. The molecule has 0 bridgehead atoms. The Morgan fingerprint density at radius 2 is 1.31 bits per heavy atom. The molecule has 0 radical (unpaired) electrons. The average molecular weight is 403 g/mol. The number of amides is 1. The molecule has 0 spiro atoms. The van der Waals surface area contributed by atoms with Crippen LogP contribution in [-0.2, 0) is 23.7 Å². The highest BCUT2D eigenvalue weighted by Gasteiger charge is 2.00. The first-order valence-corrected chi connectivity index (χ1v) is 9.59. The zero-order valence-corrected chi connectivity index (χ0v) is 18.2. The molecule has 0 aliphatic carbocycles. The van der Waals surface area contributed by atoms with E-state index in [0.717, 1.165) is 25.9 Å². The molecule has 0 saturated carbocycles. The highest BCUT2D eigenvalue weighted by Crippen LogP contribution is 1.86. The summed E-state index contributed by atoms with van der Waals surface area (Å²) < 4.78 is 21.0. The number of ether oxygens (including phenoxy) is 4. The minimum Gasteiger partial charge on any atom is -0.379 e. The highest BCUT2D eigenvalue weighted by atomic mass is 32.1. The van der Waals surface area contributed by atoms with E-state index < -0.39 is 0 Å². The molecule has 0 aliphatic rings. The summed E-state index contributed by atoms with van der Waals surface area (Å²) in [6.45, 7) is 14.6. The fraction of sp³-hybridized carbons (Fsp3) is 0.944. The fourth-order valence-electron chi connectivity index (χ4n) is 1.70. The molecule has 0 saturated heterocycles. The van der Waals surface area contributed by atoms with Crippen LogP contribution in [0.25, 0.3) is 0 Å². The predicted octanol–water partition coefficient (Wildman–Crippen LogP) is 2.21. The molecule has 2 N–H and O–H groups in total. The lowest BCUT2D eigenvalue weighted by molar-refractivity contribution is -0.126. The number of carbonyl (C=O) groups excluding carboxylic acids is 1. The molecular weight excluding hydrogens is 356 g/mol. The van der Waals surface area contributed by atoms with Crippen molar-refractivity contribution in [2.45, 2.75) is 40.5 Å². The first-order valence-electron chi connectivity index (χ1n) is 9.59. The van der Waals surface area contributed by atoms with Gasteiger partial charge in [0, 0.05) is 16.0 Å². The molecule has 0 aromatic carbocycles. The Morgan fingerprint density at radius 1 is 0.808 bits per heavy atom. The smallest absolute Gasteiger partial charge is 0.245 e. The minimum atomic E-state index is -0.0762. The molecule has 0 aliphatic heterocycles. The summed E-state index contributed by atoms with van der Waals surface area (Å²) in [6.07, 6.45) is 2.04. The van der Waals surface area contributed by atoms with Gasteiger partial charge in [0.1, 0.15) is 6.61 Å². The van der Waals surface area contributed by atoms with Crippen LogP contribution in [0.5, 0.6) is 0 Å². The van der Waals surface area contributed by atoms with Crippen LogP contribution in [-0.4, -0.2) is 78.4 Å². The van der Waals surface area contributed by atoms with Gasteiger partial charge in [-0.25, -0.2) is 0 Å². The largest absolute Gasteiger partial charge is 0.379 e. The summed E-state index contributed by atoms with van der Waals surface area (Å²) in [5.41, 5.74) is 0. The zero-order valence-electron chi connectivity index (χ0n) is 17.2. The van der Waals surface area contributed by atoms with Crippen molar-refractivity contribution in [1.82, 2.24) is 10.6 Å². The molecule has 0 unspecified atom stereocenters. The quantitative estimate of drug-likeness (QED) is 0.342. The molecule has 8 heteroatoms. The maximum Gasteiger partial charge on any atom is 0.245 e. The molecule has 7 nitrogen and oxygen atoms in total. The van der Waals surface area contributed by atoms with E-state index in [1.165, 1.54) is 0 Å². The number of hydrogen-bond donors (Lipinski definition) is 2. The van der Waals surface area contributed by atoms with Gasteiger partial charge in [-0.15, -0.1) is 0 Å². The molecular formula is C18H46N2O5S. The second-order valence-corrected chi connectivity index (χ2v) is 4.88. The second-order valence-electron chi connectivity index (χ2n) is 4.88. The number of carbonyl (C=O) groups is 1. The maximum atomic E-state index is 11.5. The SMILES string of the molecule is CC.CCNCCCCNC(=O)COCCOCCOCCOCC.S.[HH].[HH]. The van der Waals surface area contributed by atoms with Crippen LogP contribution in [0, 0.1) is 0 Å². The van der Waals surface area contributed by atoms with Gasteiger partial charge in [0.25, 0.3) is 0 Å². The van der Waals surface area contributed by atoms with E-state index in [9.17, 15) is 4.79 Å². The van der Waals surface area contributed by atoms with Gasteiger partial charge in [-0.3, -0.25) is 4.79 Å². The van der Waals surface area contributed by atoms with E-state index >= 15 is 0 Å². The molecule has 0 heterocycles. The van der Waals surface area contributed by atoms with Crippen molar-refractivity contribution in [3.8, 4) is 0 Å². The Balaban J connectivity index is -0.000000340. The van der Waals surface area contributed by atoms with Gasteiger partial charge in [-0.1, -0.05) is 20.8 Å². The third-order valence-corrected chi connectivity index (χ3v) is 2.91. The van der Waals surface area contributed by atoms with Crippen LogP contribution >= 0.6 is 13.5 Å². The molecule has 164 valence electrons. The van der Waals surface area contributed by atoms with E-state index in [1.807, 2.05) is 20.8 Å². The van der Waals surface area contributed by atoms with Gasteiger partial charge < -0.3 is 29.6 Å². The molecule has 0 fully saturated rings. The van der Waals surface area contributed by atoms with Crippen LogP contribution in [0.4, 0.5) is 0 Å². The molecule has 0 rings (SSSR count). The number of nitrogens with one attached hydrogen (secondary N) is 2. The monoisotopic (exact) mass is 402 g/mol. The Labute approximate surface area is 170 Å². The van der Waals surface area contributed by atoms with Gasteiger partial charge in [0.2, 0.25) is 5.91 Å². The van der Waals surface area contributed by atoms with Crippen molar-refractivity contribution in [2.75, 3.05) is 72.5 Å². The summed E-state index contributed by atoms with van der Waals surface area (Å²) in [7, 11) is 0. The van der Waals surface area contributed by atoms with Crippen molar-refractivity contribution in [3.05, 3.63) is 0 Å². The van der Waals surface area contributed by atoms with E-state index in [4.69, 9.17) is 18.9 Å². The van der Waals surface area contributed by atoms with E-state index in [0.29, 0.717) is 52.8 Å². The lowest BCUT2D eigenvalue weighted by atomic mass is 10.3. The van der Waals surface area contributed by atoms with Crippen molar-refractivity contribution in [1.29, 1.82) is 0 Å². The highest BCUT2D eigenvalue weighted by molar-refractivity contribution is 7.59. The van der Waals surface area contributed by atoms with Gasteiger partial charge in [0.05, 0.1) is 39.6 Å². The van der Waals surface area contributed by atoms with Gasteiger partial charge in [-0.2, -0.15) is 13.5 Å². The van der Waals surface area contributed by atoms with E-state index in [2.05, 4.69) is 17.6 Å². The van der Waals surface area contributed by atoms with Gasteiger partial charge >= 0.3 is 0 Å². The number of rotatable bonds is 18. The summed E-state index contributed by atoms with van der Waals surface area (Å²) in [4.78, 5) is 11.5. The number of unbranched alkanes of at least 4 members (excludes halogenated alkanes) is 1. The van der Waals surface area contributed by atoms with Crippen LogP contribution in [0.15, 0.2) is 0 Å². The van der Waals surface area contributed by atoms with Crippen LogP contribution in [0.2, 0.25) is 0 Å². The summed E-state index contributed by atoms with van der Waals surface area (Å²) >= 11 is 0. The van der Waals surface area contributed by atoms with Crippen LogP contribution in [0.1, 0.15) is 43.4 Å². The third-order valence-electron chi connectivity index (χ3n) is 2.91. The third kappa shape index (κ3) is 28.4. The maximum absolute atomic E-state index is 11.5. The zero-order chi connectivity index (χ0) is 19.0.